The molecular formula is C27H28N4O. The van der Waals surface area contributed by atoms with Gasteiger partial charge >= 0.3 is 0 Å². The minimum Gasteiger partial charge on any atom is -0.369 e. The van der Waals surface area contributed by atoms with E-state index in [-0.39, 0.29) is 5.56 Å². The lowest BCUT2D eigenvalue weighted by atomic mass is 10.1. The van der Waals surface area contributed by atoms with Crippen molar-refractivity contribution in [1.29, 1.82) is 0 Å². The van der Waals surface area contributed by atoms with Crippen molar-refractivity contribution >= 4 is 16.6 Å². The maximum absolute atomic E-state index is 13.3. The molecule has 0 bridgehead atoms. The molecule has 1 aliphatic heterocycles. The Hall–Kier alpha value is -3.44. The Kier molecular flexibility index (Phi) is 5.50. The van der Waals surface area contributed by atoms with Gasteiger partial charge in [-0.05, 0) is 55.3 Å². The van der Waals surface area contributed by atoms with Crippen LogP contribution in [0.2, 0.25) is 0 Å². The summed E-state index contributed by atoms with van der Waals surface area (Å²) in [6.07, 6.45) is 0. The van der Waals surface area contributed by atoms with Crippen molar-refractivity contribution in [1.82, 2.24) is 14.5 Å². The van der Waals surface area contributed by atoms with Crippen molar-refractivity contribution in [3.63, 3.8) is 0 Å². The van der Waals surface area contributed by atoms with Crippen LogP contribution in [0.5, 0.6) is 0 Å². The fraction of sp³-hybridized carbons (Fsp3) is 0.259. The number of hydrogen-bond acceptors (Lipinski definition) is 4. The van der Waals surface area contributed by atoms with Crippen LogP contribution in [-0.4, -0.2) is 40.6 Å². The quantitative estimate of drug-likeness (QED) is 0.489. The second kappa shape index (κ2) is 8.60. The number of para-hydroxylation sites is 2. The van der Waals surface area contributed by atoms with E-state index in [0.29, 0.717) is 11.2 Å². The lowest BCUT2D eigenvalue weighted by Gasteiger charge is -2.36. The number of fused-ring (bicyclic) bond motifs is 1. The van der Waals surface area contributed by atoms with Gasteiger partial charge in [-0.3, -0.25) is 14.3 Å². The molecule has 1 saturated heterocycles. The summed E-state index contributed by atoms with van der Waals surface area (Å²) in [6.45, 7) is 8.93. The van der Waals surface area contributed by atoms with Gasteiger partial charge in [0.2, 0.25) is 0 Å². The first-order valence-corrected chi connectivity index (χ1v) is 11.2. The molecule has 0 radical (unpaired) electrons. The molecule has 1 fully saturated rings. The number of hydrogen-bond donors (Lipinski definition) is 0. The van der Waals surface area contributed by atoms with E-state index >= 15 is 0 Å². The predicted octanol–water partition coefficient (Wildman–Crippen LogP) is 4.32. The van der Waals surface area contributed by atoms with Gasteiger partial charge in [0.25, 0.3) is 5.56 Å². The van der Waals surface area contributed by atoms with Crippen LogP contribution in [0.1, 0.15) is 17.0 Å². The normalized spacial score (nSPS) is 14.8. The van der Waals surface area contributed by atoms with Crippen LogP contribution in [0.25, 0.3) is 16.6 Å². The molecule has 1 aliphatic rings. The van der Waals surface area contributed by atoms with Crippen LogP contribution in [0.15, 0.2) is 77.6 Å². The molecule has 162 valence electrons. The smallest absolute Gasteiger partial charge is 0.265 e. The topological polar surface area (TPSA) is 41.4 Å². The Morgan fingerprint density at radius 3 is 2.34 bits per heavy atom. The highest BCUT2D eigenvalue weighted by Crippen LogP contribution is 2.21. The Balaban J connectivity index is 1.39. The number of benzene rings is 3. The molecule has 0 aliphatic carbocycles. The van der Waals surface area contributed by atoms with Gasteiger partial charge in [-0.15, -0.1) is 0 Å². The van der Waals surface area contributed by atoms with E-state index in [1.807, 2.05) is 31.2 Å². The fourth-order valence-electron chi connectivity index (χ4n) is 4.58. The Labute approximate surface area is 188 Å². The summed E-state index contributed by atoms with van der Waals surface area (Å²) in [5.74, 6) is 0.713. The molecule has 3 aromatic carbocycles. The second-order valence-corrected chi connectivity index (χ2v) is 8.54. The molecular weight excluding hydrogens is 396 g/mol. The monoisotopic (exact) mass is 424 g/mol. The highest BCUT2D eigenvalue weighted by Gasteiger charge is 2.18. The summed E-state index contributed by atoms with van der Waals surface area (Å²) in [5.41, 5.74) is 5.25. The predicted molar refractivity (Wildman–Crippen MR) is 131 cm³/mol. The number of aromatic nitrogens is 2. The lowest BCUT2D eigenvalue weighted by molar-refractivity contribution is 0.250. The van der Waals surface area contributed by atoms with Gasteiger partial charge in [0.1, 0.15) is 5.82 Å². The van der Waals surface area contributed by atoms with Crippen molar-refractivity contribution < 1.29 is 0 Å². The van der Waals surface area contributed by atoms with Gasteiger partial charge in [0.05, 0.1) is 16.6 Å². The van der Waals surface area contributed by atoms with Crippen molar-refractivity contribution in [2.24, 2.45) is 0 Å². The first-order chi connectivity index (χ1) is 15.6. The maximum Gasteiger partial charge on any atom is 0.265 e. The van der Waals surface area contributed by atoms with Crippen LogP contribution in [-0.2, 0) is 6.54 Å². The average molecular weight is 425 g/mol. The van der Waals surface area contributed by atoms with E-state index in [9.17, 15) is 4.79 Å². The van der Waals surface area contributed by atoms with Gasteiger partial charge < -0.3 is 4.90 Å². The summed E-state index contributed by atoms with van der Waals surface area (Å²) in [4.78, 5) is 22.9. The van der Waals surface area contributed by atoms with E-state index in [4.69, 9.17) is 0 Å². The zero-order valence-corrected chi connectivity index (χ0v) is 18.7. The second-order valence-electron chi connectivity index (χ2n) is 8.54. The molecule has 5 nitrogen and oxygen atoms in total. The van der Waals surface area contributed by atoms with E-state index in [1.54, 1.807) is 4.57 Å². The Morgan fingerprint density at radius 1 is 0.844 bits per heavy atom. The molecule has 2 heterocycles. The first kappa shape index (κ1) is 20.5. The van der Waals surface area contributed by atoms with Crippen molar-refractivity contribution in [3.8, 4) is 5.69 Å². The minimum atomic E-state index is -0.00942. The van der Waals surface area contributed by atoms with Crippen LogP contribution < -0.4 is 10.5 Å². The molecule has 0 atom stereocenters. The number of piperazine rings is 1. The molecule has 0 saturated carbocycles. The summed E-state index contributed by atoms with van der Waals surface area (Å²) in [7, 11) is 0. The molecule has 1 aromatic heterocycles. The van der Waals surface area contributed by atoms with Gasteiger partial charge in [0, 0.05) is 38.4 Å². The number of aryl methyl sites for hydroxylation is 2. The van der Waals surface area contributed by atoms with E-state index in [0.717, 1.165) is 49.5 Å². The molecule has 5 rings (SSSR count). The van der Waals surface area contributed by atoms with E-state index in [1.165, 1.54) is 11.3 Å². The molecule has 32 heavy (non-hydrogen) atoms. The van der Waals surface area contributed by atoms with Crippen LogP contribution in [0, 0.1) is 13.8 Å². The maximum atomic E-state index is 13.3. The molecule has 4 aromatic rings. The number of rotatable bonds is 4. The van der Waals surface area contributed by atoms with Gasteiger partial charge in [-0.1, -0.05) is 42.5 Å². The average Bonchev–Trinajstić information content (AvgIpc) is 2.82. The number of nitrogens with zero attached hydrogens (tertiary/aromatic N) is 4. The SMILES string of the molecule is Cc1ccc(CN2CCN(c3ccccc3)CC2)cc1-n1c(C)nc2ccccc2c1=O. The first-order valence-electron chi connectivity index (χ1n) is 11.2. The largest absolute Gasteiger partial charge is 0.369 e. The standard InChI is InChI=1S/C27H28N4O/c1-20-12-13-22(19-29-14-16-30(17-15-29)23-8-4-3-5-9-23)18-26(20)31-21(2)28-25-11-7-6-10-24(25)27(31)32/h3-13,18H,14-17,19H2,1-2H3. The third-order valence-electron chi connectivity index (χ3n) is 6.36. The van der Waals surface area contributed by atoms with E-state index < -0.39 is 0 Å². The van der Waals surface area contributed by atoms with Crippen molar-refractivity contribution in [2.75, 3.05) is 31.1 Å². The van der Waals surface area contributed by atoms with Crippen LogP contribution >= 0.6 is 0 Å². The highest BCUT2D eigenvalue weighted by molar-refractivity contribution is 5.77. The zero-order valence-electron chi connectivity index (χ0n) is 18.7. The van der Waals surface area contributed by atoms with Crippen molar-refractivity contribution in [3.05, 3.63) is 100 Å². The number of anilines is 1. The molecule has 0 spiro atoms. The zero-order chi connectivity index (χ0) is 22.1. The molecule has 5 heteroatoms. The van der Waals surface area contributed by atoms with Crippen LogP contribution in [0.4, 0.5) is 5.69 Å². The third kappa shape index (κ3) is 3.92. The molecule has 0 unspecified atom stereocenters. The Bertz CT molecular complexity index is 1300. The van der Waals surface area contributed by atoms with Crippen molar-refractivity contribution in [2.45, 2.75) is 20.4 Å². The Morgan fingerprint density at radius 2 is 1.56 bits per heavy atom. The fourth-order valence-corrected chi connectivity index (χ4v) is 4.58. The summed E-state index contributed by atoms with van der Waals surface area (Å²) < 4.78 is 1.76. The summed E-state index contributed by atoms with van der Waals surface area (Å²) in [6, 6.07) is 24.6. The van der Waals surface area contributed by atoms with Gasteiger partial charge in [-0.25, -0.2) is 4.98 Å². The van der Waals surface area contributed by atoms with E-state index in [2.05, 4.69) is 70.2 Å². The van der Waals surface area contributed by atoms with Gasteiger partial charge in [0.15, 0.2) is 0 Å². The van der Waals surface area contributed by atoms with Crippen LogP contribution in [0.3, 0.4) is 0 Å². The summed E-state index contributed by atoms with van der Waals surface area (Å²) in [5, 5.41) is 0.653. The van der Waals surface area contributed by atoms with Gasteiger partial charge in [-0.2, -0.15) is 0 Å². The third-order valence-corrected chi connectivity index (χ3v) is 6.36. The highest BCUT2D eigenvalue weighted by atomic mass is 16.1. The summed E-state index contributed by atoms with van der Waals surface area (Å²) >= 11 is 0. The molecule has 0 amide bonds. The minimum absolute atomic E-state index is 0.00942. The molecule has 0 N–H and O–H groups in total. The lowest BCUT2D eigenvalue weighted by Crippen LogP contribution is -2.45.